The Morgan fingerprint density at radius 2 is 1.55 bits per heavy atom. The molecule has 0 N–H and O–H groups in total. The maximum atomic E-state index is 5.24. The molecule has 0 aliphatic carbocycles. The Bertz CT molecular complexity index is 581. The summed E-state index contributed by atoms with van der Waals surface area (Å²) in [6, 6.07) is 15.1. The minimum absolute atomic E-state index is 0.326. The van der Waals surface area contributed by atoms with Crippen LogP contribution in [0.4, 0.5) is 0 Å². The molecule has 0 aliphatic heterocycles. The quantitative estimate of drug-likeness (QED) is 0.598. The van der Waals surface area contributed by atoms with Gasteiger partial charge in [-0.1, -0.05) is 35.5 Å². The highest BCUT2D eigenvalue weighted by molar-refractivity contribution is 5.82. The average Bonchev–Trinajstić information content (AvgIpc) is 2.52. The Labute approximate surface area is 118 Å². The number of ether oxygens (including phenoxy) is 2. The predicted molar refractivity (Wildman–Crippen MR) is 77.3 cm³/mol. The molecule has 0 unspecified atom stereocenters. The van der Waals surface area contributed by atoms with Crippen molar-refractivity contribution in [2.24, 2.45) is 5.16 Å². The maximum absolute atomic E-state index is 5.24. The fourth-order valence-corrected chi connectivity index (χ4v) is 1.74. The summed E-state index contributed by atoms with van der Waals surface area (Å²) >= 11 is 0. The summed E-state index contributed by atoms with van der Waals surface area (Å²) in [6.45, 7) is 0.326. The van der Waals surface area contributed by atoms with Crippen molar-refractivity contribution < 1.29 is 14.3 Å². The topological polar surface area (TPSA) is 40.0 Å². The second-order valence-electron chi connectivity index (χ2n) is 3.99. The normalized spacial score (nSPS) is 10.5. The van der Waals surface area contributed by atoms with E-state index in [2.05, 4.69) is 11.4 Å². The molecule has 0 fully saturated rings. The van der Waals surface area contributed by atoms with Gasteiger partial charge in [0.1, 0.15) is 24.3 Å². The Kier molecular flexibility index (Phi) is 5.00. The number of rotatable bonds is 6. The van der Waals surface area contributed by atoms with Crippen molar-refractivity contribution in [2.75, 3.05) is 14.2 Å². The van der Waals surface area contributed by atoms with E-state index in [0.29, 0.717) is 12.4 Å². The third kappa shape index (κ3) is 3.51. The first-order valence-corrected chi connectivity index (χ1v) is 6.18. The third-order valence-corrected chi connectivity index (χ3v) is 2.75. The van der Waals surface area contributed by atoms with Gasteiger partial charge in [0.2, 0.25) is 0 Å². The minimum Gasteiger partial charge on any atom is -0.496 e. The molecule has 0 aliphatic rings. The molecule has 0 heterocycles. The fraction of sp³-hybridized carbons (Fsp3) is 0.188. The molecule has 0 bridgehead atoms. The van der Waals surface area contributed by atoms with E-state index in [1.807, 2.05) is 48.5 Å². The summed E-state index contributed by atoms with van der Waals surface area (Å²) in [5, 5.41) is 3.84. The van der Waals surface area contributed by atoms with Crippen LogP contribution in [0.25, 0.3) is 0 Å². The summed E-state index contributed by atoms with van der Waals surface area (Å²) in [4.78, 5) is 5.24. The van der Waals surface area contributed by atoms with E-state index in [4.69, 9.17) is 14.3 Å². The van der Waals surface area contributed by atoms with Gasteiger partial charge >= 0.3 is 0 Å². The van der Waals surface area contributed by atoms with Gasteiger partial charge in [0.05, 0.1) is 14.2 Å². The SMILES string of the molecule is COc1ccccc1/[C]=N\OCc1ccccc1OC. The zero-order valence-corrected chi connectivity index (χ0v) is 11.5. The van der Waals surface area contributed by atoms with Crippen molar-refractivity contribution in [3.05, 3.63) is 59.7 Å². The Balaban J connectivity index is 1.97. The molecule has 4 nitrogen and oxygen atoms in total. The van der Waals surface area contributed by atoms with Gasteiger partial charge in [0.15, 0.2) is 0 Å². The van der Waals surface area contributed by atoms with Crippen LogP contribution in [0.3, 0.4) is 0 Å². The molecule has 20 heavy (non-hydrogen) atoms. The van der Waals surface area contributed by atoms with E-state index < -0.39 is 0 Å². The molecular weight excluding hydrogens is 254 g/mol. The monoisotopic (exact) mass is 270 g/mol. The second kappa shape index (κ2) is 7.19. The van der Waals surface area contributed by atoms with Gasteiger partial charge < -0.3 is 14.3 Å². The highest BCUT2D eigenvalue weighted by atomic mass is 16.6. The van der Waals surface area contributed by atoms with E-state index in [-0.39, 0.29) is 0 Å². The lowest BCUT2D eigenvalue weighted by Crippen LogP contribution is -1.94. The number of hydrogen-bond acceptors (Lipinski definition) is 4. The first-order valence-electron chi connectivity index (χ1n) is 6.18. The van der Waals surface area contributed by atoms with E-state index in [1.165, 1.54) is 0 Å². The van der Waals surface area contributed by atoms with Gasteiger partial charge in [0.25, 0.3) is 0 Å². The lowest BCUT2D eigenvalue weighted by Gasteiger charge is -2.06. The highest BCUT2D eigenvalue weighted by Gasteiger charge is 2.02. The summed E-state index contributed by atoms with van der Waals surface area (Å²) < 4.78 is 10.4. The molecule has 4 heteroatoms. The third-order valence-electron chi connectivity index (χ3n) is 2.75. The van der Waals surface area contributed by atoms with E-state index in [1.54, 1.807) is 14.2 Å². The van der Waals surface area contributed by atoms with Crippen molar-refractivity contribution in [1.82, 2.24) is 0 Å². The van der Waals surface area contributed by atoms with Crippen LogP contribution in [0.2, 0.25) is 0 Å². The largest absolute Gasteiger partial charge is 0.496 e. The number of para-hydroxylation sites is 2. The number of nitrogens with zero attached hydrogens (tertiary/aromatic N) is 1. The number of methoxy groups -OCH3 is 2. The van der Waals surface area contributed by atoms with Gasteiger partial charge in [-0.25, -0.2) is 0 Å². The first-order chi connectivity index (χ1) is 9.85. The minimum atomic E-state index is 0.326. The molecule has 0 spiro atoms. The van der Waals surface area contributed by atoms with Crippen LogP contribution in [0.15, 0.2) is 53.7 Å². The average molecular weight is 270 g/mol. The zero-order chi connectivity index (χ0) is 14.2. The lowest BCUT2D eigenvalue weighted by molar-refractivity contribution is 0.130. The van der Waals surface area contributed by atoms with E-state index in [0.717, 1.165) is 16.9 Å². The Morgan fingerprint density at radius 1 is 0.900 bits per heavy atom. The Hall–Kier alpha value is -2.49. The molecule has 2 aromatic carbocycles. The predicted octanol–water partition coefficient (Wildman–Crippen LogP) is 3.13. The molecule has 0 amide bonds. The van der Waals surface area contributed by atoms with E-state index in [9.17, 15) is 0 Å². The van der Waals surface area contributed by atoms with Crippen LogP contribution in [0.1, 0.15) is 11.1 Å². The molecule has 0 aromatic heterocycles. The summed E-state index contributed by atoms with van der Waals surface area (Å²) in [6.07, 6.45) is 2.81. The zero-order valence-electron chi connectivity index (χ0n) is 11.5. The van der Waals surface area contributed by atoms with Crippen LogP contribution in [0.5, 0.6) is 11.5 Å². The summed E-state index contributed by atoms with van der Waals surface area (Å²) in [7, 11) is 3.24. The Morgan fingerprint density at radius 3 is 2.30 bits per heavy atom. The van der Waals surface area contributed by atoms with Crippen molar-refractivity contribution in [2.45, 2.75) is 6.61 Å². The molecule has 2 aromatic rings. The van der Waals surface area contributed by atoms with Crippen LogP contribution in [0, 0.1) is 0 Å². The highest BCUT2D eigenvalue weighted by Crippen LogP contribution is 2.18. The van der Waals surface area contributed by atoms with Crippen molar-refractivity contribution >= 4 is 6.21 Å². The van der Waals surface area contributed by atoms with Crippen molar-refractivity contribution in [3.8, 4) is 11.5 Å². The summed E-state index contributed by atoms with van der Waals surface area (Å²) in [5.41, 5.74) is 1.68. The standard InChI is InChI=1S/C16H16NO3/c1-18-15-9-5-3-7-13(15)11-17-20-12-14-8-4-6-10-16(14)19-2/h3-10H,12H2,1-2H3. The molecule has 0 saturated heterocycles. The molecule has 0 atom stereocenters. The molecule has 103 valence electrons. The number of hydrogen-bond donors (Lipinski definition) is 0. The summed E-state index contributed by atoms with van der Waals surface area (Å²) in [5.74, 6) is 1.48. The van der Waals surface area contributed by atoms with Gasteiger partial charge in [-0.2, -0.15) is 0 Å². The van der Waals surface area contributed by atoms with Gasteiger partial charge in [-0.15, -0.1) is 0 Å². The van der Waals surface area contributed by atoms with Gasteiger partial charge in [-0.05, 0) is 18.2 Å². The first kappa shape index (κ1) is 13.9. The van der Waals surface area contributed by atoms with Gasteiger partial charge in [-0.3, -0.25) is 0 Å². The van der Waals surface area contributed by atoms with Crippen LogP contribution < -0.4 is 9.47 Å². The number of benzene rings is 2. The van der Waals surface area contributed by atoms with Crippen LogP contribution in [-0.2, 0) is 11.4 Å². The smallest absolute Gasteiger partial charge is 0.145 e. The lowest BCUT2D eigenvalue weighted by atomic mass is 10.2. The van der Waals surface area contributed by atoms with Crippen LogP contribution in [-0.4, -0.2) is 20.4 Å². The van der Waals surface area contributed by atoms with Crippen molar-refractivity contribution in [1.29, 1.82) is 0 Å². The molecule has 1 radical (unpaired) electrons. The second-order valence-corrected chi connectivity index (χ2v) is 3.99. The fourth-order valence-electron chi connectivity index (χ4n) is 1.74. The van der Waals surface area contributed by atoms with Crippen LogP contribution >= 0.6 is 0 Å². The molecule has 2 rings (SSSR count). The molecule has 0 saturated carbocycles. The van der Waals surface area contributed by atoms with Crippen molar-refractivity contribution in [3.63, 3.8) is 0 Å². The van der Waals surface area contributed by atoms with Gasteiger partial charge in [0, 0.05) is 11.1 Å². The maximum Gasteiger partial charge on any atom is 0.145 e. The molecular formula is C16H16NO3. The van der Waals surface area contributed by atoms with E-state index >= 15 is 0 Å².